The Hall–Kier alpha value is -0.940. The minimum absolute atomic E-state index is 0.151. The first kappa shape index (κ1) is 15.4. The molecule has 2 rings (SSSR count). The van der Waals surface area contributed by atoms with Gasteiger partial charge in [-0.25, -0.2) is 4.39 Å². The van der Waals surface area contributed by atoms with E-state index in [9.17, 15) is 9.18 Å². The molecule has 1 amide bonds. The average Bonchev–Trinajstić information content (AvgIpc) is 2.59. The molecule has 1 aromatic rings. The second-order valence-electron chi connectivity index (χ2n) is 5.30. The highest BCUT2D eigenvalue weighted by Gasteiger charge is 2.28. The van der Waals surface area contributed by atoms with Gasteiger partial charge in [0.2, 0.25) is 0 Å². The summed E-state index contributed by atoms with van der Waals surface area (Å²) in [5, 5.41) is 0. The lowest BCUT2D eigenvalue weighted by Crippen LogP contribution is -2.43. The summed E-state index contributed by atoms with van der Waals surface area (Å²) in [5.41, 5.74) is 0.163. The Kier molecular flexibility index (Phi) is 5.16. The summed E-state index contributed by atoms with van der Waals surface area (Å²) >= 11 is 3.22. The van der Waals surface area contributed by atoms with Gasteiger partial charge in [-0.15, -0.1) is 0 Å². The third-order valence-corrected chi connectivity index (χ3v) is 4.29. The predicted octanol–water partition coefficient (Wildman–Crippen LogP) is 3.14. The van der Waals surface area contributed by atoms with Gasteiger partial charge in [-0.3, -0.25) is 4.79 Å². The van der Waals surface area contributed by atoms with Gasteiger partial charge < -0.3 is 9.80 Å². The van der Waals surface area contributed by atoms with Crippen LogP contribution in [0.3, 0.4) is 0 Å². The lowest BCUT2D eigenvalue weighted by molar-refractivity contribution is 0.0671. The van der Waals surface area contributed by atoms with E-state index in [1.165, 1.54) is 6.07 Å². The van der Waals surface area contributed by atoms with Crippen molar-refractivity contribution >= 4 is 21.8 Å². The van der Waals surface area contributed by atoms with Crippen molar-refractivity contribution in [1.29, 1.82) is 0 Å². The van der Waals surface area contributed by atoms with Crippen LogP contribution in [0.1, 0.15) is 30.1 Å². The second-order valence-corrected chi connectivity index (χ2v) is 6.22. The van der Waals surface area contributed by atoms with Gasteiger partial charge >= 0.3 is 0 Å². The van der Waals surface area contributed by atoms with E-state index in [0.717, 1.165) is 25.9 Å². The standard InChI is InChI=1S/C15H20BrFN2O/c1-3-12-10-18(2)7-4-8-19(12)15(20)13-6-5-11(16)9-14(13)17/h5-6,9,12H,3-4,7-8,10H2,1-2H3. The molecule has 0 N–H and O–H groups in total. The van der Waals surface area contributed by atoms with Gasteiger partial charge in [-0.1, -0.05) is 22.9 Å². The number of amides is 1. The second kappa shape index (κ2) is 6.68. The quantitative estimate of drug-likeness (QED) is 0.824. The van der Waals surface area contributed by atoms with Crippen molar-refractivity contribution in [3.8, 4) is 0 Å². The van der Waals surface area contributed by atoms with Gasteiger partial charge in [0.25, 0.3) is 5.91 Å². The number of carbonyl (C=O) groups excluding carboxylic acids is 1. The lowest BCUT2D eigenvalue weighted by Gasteiger charge is -2.30. The molecular weight excluding hydrogens is 323 g/mol. The molecule has 1 heterocycles. The molecule has 1 unspecified atom stereocenters. The van der Waals surface area contributed by atoms with E-state index in [2.05, 4.69) is 34.8 Å². The Morgan fingerprint density at radius 3 is 2.85 bits per heavy atom. The molecule has 1 fully saturated rings. The van der Waals surface area contributed by atoms with Crippen LogP contribution in [0.5, 0.6) is 0 Å². The maximum Gasteiger partial charge on any atom is 0.257 e. The highest BCUT2D eigenvalue weighted by molar-refractivity contribution is 9.10. The van der Waals surface area contributed by atoms with E-state index in [4.69, 9.17) is 0 Å². The highest BCUT2D eigenvalue weighted by Crippen LogP contribution is 2.20. The van der Waals surface area contributed by atoms with Crippen molar-refractivity contribution in [2.75, 3.05) is 26.7 Å². The van der Waals surface area contributed by atoms with Crippen molar-refractivity contribution in [1.82, 2.24) is 9.80 Å². The van der Waals surface area contributed by atoms with Crippen LogP contribution >= 0.6 is 15.9 Å². The smallest absolute Gasteiger partial charge is 0.257 e. The third kappa shape index (κ3) is 3.38. The highest BCUT2D eigenvalue weighted by atomic mass is 79.9. The van der Waals surface area contributed by atoms with Crippen LogP contribution in [0.15, 0.2) is 22.7 Å². The first-order chi connectivity index (χ1) is 9.52. The van der Waals surface area contributed by atoms with E-state index in [0.29, 0.717) is 11.0 Å². The van der Waals surface area contributed by atoms with Crippen LogP contribution in [0.2, 0.25) is 0 Å². The summed E-state index contributed by atoms with van der Waals surface area (Å²) in [7, 11) is 2.07. The van der Waals surface area contributed by atoms with Crippen LogP contribution < -0.4 is 0 Å². The molecule has 1 saturated heterocycles. The molecule has 0 radical (unpaired) electrons. The molecule has 0 spiro atoms. The van der Waals surface area contributed by atoms with Crippen molar-refractivity contribution in [3.63, 3.8) is 0 Å². The van der Waals surface area contributed by atoms with Gasteiger partial charge in [-0.2, -0.15) is 0 Å². The zero-order chi connectivity index (χ0) is 14.7. The molecule has 110 valence electrons. The fraction of sp³-hybridized carbons (Fsp3) is 0.533. The Morgan fingerprint density at radius 1 is 1.45 bits per heavy atom. The largest absolute Gasteiger partial charge is 0.334 e. The Morgan fingerprint density at radius 2 is 2.20 bits per heavy atom. The van der Waals surface area contributed by atoms with E-state index < -0.39 is 5.82 Å². The van der Waals surface area contributed by atoms with Gasteiger partial charge in [0.1, 0.15) is 5.82 Å². The Bertz CT molecular complexity index is 495. The fourth-order valence-electron chi connectivity index (χ4n) is 2.68. The maximum atomic E-state index is 14.0. The van der Waals surface area contributed by atoms with Crippen LogP contribution in [-0.2, 0) is 0 Å². The summed E-state index contributed by atoms with van der Waals surface area (Å²) in [6.07, 6.45) is 1.81. The van der Waals surface area contributed by atoms with Crippen molar-refractivity contribution < 1.29 is 9.18 Å². The molecular formula is C15H20BrFN2O. The zero-order valence-corrected chi connectivity index (χ0v) is 13.5. The SMILES string of the molecule is CCC1CN(C)CCCN1C(=O)c1ccc(Br)cc1F. The number of hydrogen-bond donors (Lipinski definition) is 0. The maximum absolute atomic E-state index is 14.0. The molecule has 0 aliphatic carbocycles. The van der Waals surface area contributed by atoms with Gasteiger partial charge in [0.15, 0.2) is 0 Å². The zero-order valence-electron chi connectivity index (χ0n) is 11.9. The van der Waals surface area contributed by atoms with Gasteiger partial charge in [-0.05, 0) is 44.6 Å². The monoisotopic (exact) mass is 342 g/mol. The molecule has 1 aromatic carbocycles. The summed E-state index contributed by atoms with van der Waals surface area (Å²) < 4.78 is 14.6. The van der Waals surface area contributed by atoms with Crippen molar-refractivity contribution in [3.05, 3.63) is 34.1 Å². The van der Waals surface area contributed by atoms with Crippen LogP contribution in [0.25, 0.3) is 0 Å². The lowest BCUT2D eigenvalue weighted by atomic mass is 10.1. The Balaban J connectivity index is 2.25. The van der Waals surface area contributed by atoms with Crippen molar-refractivity contribution in [2.24, 2.45) is 0 Å². The third-order valence-electron chi connectivity index (χ3n) is 3.80. The minimum atomic E-state index is -0.461. The molecule has 1 aliphatic rings. The van der Waals surface area contributed by atoms with E-state index in [1.807, 2.05) is 4.90 Å². The molecule has 0 aromatic heterocycles. The molecule has 3 nitrogen and oxygen atoms in total. The molecule has 20 heavy (non-hydrogen) atoms. The number of hydrogen-bond acceptors (Lipinski definition) is 2. The summed E-state index contributed by atoms with van der Waals surface area (Å²) in [4.78, 5) is 16.7. The number of halogens is 2. The molecule has 5 heteroatoms. The fourth-order valence-corrected chi connectivity index (χ4v) is 3.01. The number of carbonyl (C=O) groups is 1. The minimum Gasteiger partial charge on any atom is -0.334 e. The topological polar surface area (TPSA) is 23.6 Å². The number of benzene rings is 1. The first-order valence-electron chi connectivity index (χ1n) is 6.97. The van der Waals surface area contributed by atoms with Gasteiger partial charge in [0, 0.05) is 23.6 Å². The summed E-state index contributed by atoms with van der Waals surface area (Å²) in [6, 6.07) is 4.76. The molecule has 0 saturated carbocycles. The van der Waals surface area contributed by atoms with Crippen LogP contribution in [0.4, 0.5) is 4.39 Å². The molecule has 1 atom stereocenters. The summed E-state index contributed by atoms with van der Waals surface area (Å²) in [6.45, 7) is 4.59. The van der Waals surface area contributed by atoms with Gasteiger partial charge in [0.05, 0.1) is 5.56 Å². The predicted molar refractivity (Wildman–Crippen MR) is 81.3 cm³/mol. The summed E-state index contributed by atoms with van der Waals surface area (Å²) in [5.74, 6) is -0.658. The van der Waals surface area contributed by atoms with E-state index in [1.54, 1.807) is 12.1 Å². The van der Waals surface area contributed by atoms with Crippen LogP contribution in [0, 0.1) is 5.82 Å². The number of likely N-dealkylation sites (N-methyl/N-ethyl adjacent to an activating group) is 1. The normalized spacial score (nSPS) is 20.8. The number of nitrogens with zero attached hydrogens (tertiary/aromatic N) is 2. The van der Waals surface area contributed by atoms with E-state index >= 15 is 0 Å². The average molecular weight is 343 g/mol. The molecule has 0 bridgehead atoms. The van der Waals surface area contributed by atoms with Crippen LogP contribution in [-0.4, -0.2) is 48.4 Å². The van der Waals surface area contributed by atoms with Crippen molar-refractivity contribution in [2.45, 2.75) is 25.8 Å². The van der Waals surface area contributed by atoms with E-state index in [-0.39, 0.29) is 17.5 Å². The Labute approximate surface area is 127 Å². The first-order valence-corrected chi connectivity index (χ1v) is 7.76. The molecule has 1 aliphatic heterocycles. The number of rotatable bonds is 2.